The number of hydrogen-bond acceptors (Lipinski definition) is 2. The quantitative estimate of drug-likeness (QED) is 0.775. The first-order valence-electron chi connectivity index (χ1n) is 8.47. The van der Waals surface area contributed by atoms with Crippen LogP contribution in [0.4, 0.5) is 0 Å². The largest absolute Gasteiger partial charge is 0.370 e. The van der Waals surface area contributed by atoms with Gasteiger partial charge >= 0.3 is 0 Å². The van der Waals surface area contributed by atoms with Gasteiger partial charge in [-0.2, -0.15) is 0 Å². The van der Waals surface area contributed by atoms with Crippen molar-refractivity contribution < 1.29 is 14.4 Å². The SMILES string of the molecule is O=C(Cc1cccc2ccccc12)NCCC[NH+]1CCOCC1. The van der Waals surface area contributed by atoms with E-state index in [1.807, 2.05) is 24.3 Å². The maximum Gasteiger partial charge on any atom is 0.224 e. The number of morpholine rings is 1. The maximum absolute atomic E-state index is 12.2. The van der Waals surface area contributed by atoms with E-state index in [1.54, 1.807) is 4.90 Å². The van der Waals surface area contributed by atoms with Gasteiger partial charge in [0.05, 0.1) is 26.2 Å². The van der Waals surface area contributed by atoms with Crippen LogP contribution >= 0.6 is 0 Å². The third kappa shape index (κ3) is 4.53. The Morgan fingerprint density at radius 3 is 2.74 bits per heavy atom. The molecule has 0 saturated carbocycles. The molecule has 2 aromatic carbocycles. The number of quaternary nitrogens is 1. The third-order valence-electron chi connectivity index (χ3n) is 4.46. The normalized spacial score (nSPS) is 15.7. The average molecular weight is 313 g/mol. The van der Waals surface area contributed by atoms with Crippen molar-refractivity contribution in [2.45, 2.75) is 12.8 Å². The van der Waals surface area contributed by atoms with Crippen molar-refractivity contribution in [2.24, 2.45) is 0 Å². The van der Waals surface area contributed by atoms with E-state index in [1.165, 1.54) is 10.8 Å². The topological polar surface area (TPSA) is 42.8 Å². The van der Waals surface area contributed by atoms with Crippen molar-refractivity contribution in [1.29, 1.82) is 0 Å². The summed E-state index contributed by atoms with van der Waals surface area (Å²) in [6.45, 7) is 5.77. The minimum absolute atomic E-state index is 0.110. The van der Waals surface area contributed by atoms with Gasteiger partial charge in [0.2, 0.25) is 5.91 Å². The van der Waals surface area contributed by atoms with Crippen LogP contribution < -0.4 is 10.2 Å². The zero-order chi connectivity index (χ0) is 15.9. The van der Waals surface area contributed by atoms with Crippen LogP contribution in [-0.4, -0.2) is 45.3 Å². The number of hydrogen-bond donors (Lipinski definition) is 2. The number of amides is 1. The van der Waals surface area contributed by atoms with E-state index >= 15 is 0 Å². The lowest BCUT2D eigenvalue weighted by Crippen LogP contribution is -3.14. The summed E-state index contributed by atoms with van der Waals surface area (Å²) in [6, 6.07) is 14.4. The Morgan fingerprint density at radius 2 is 1.87 bits per heavy atom. The molecule has 0 spiro atoms. The van der Waals surface area contributed by atoms with Crippen LogP contribution in [0.1, 0.15) is 12.0 Å². The van der Waals surface area contributed by atoms with Gasteiger partial charge in [0, 0.05) is 13.0 Å². The highest BCUT2D eigenvalue weighted by Crippen LogP contribution is 2.18. The van der Waals surface area contributed by atoms with Crippen molar-refractivity contribution >= 4 is 16.7 Å². The molecule has 2 N–H and O–H groups in total. The number of carbonyl (C=O) groups excluding carboxylic acids is 1. The first-order chi connectivity index (χ1) is 11.3. The minimum Gasteiger partial charge on any atom is -0.370 e. The molecule has 1 saturated heterocycles. The molecular weight excluding hydrogens is 288 g/mol. The van der Waals surface area contributed by atoms with Crippen LogP contribution in [0.5, 0.6) is 0 Å². The summed E-state index contributed by atoms with van der Waals surface area (Å²) in [5, 5.41) is 5.41. The van der Waals surface area contributed by atoms with E-state index in [9.17, 15) is 4.79 Å². The van der Waals surface area contributed by atoms with Gasteiger partial charge in [-0.15, -0.1) is 0 Å². The van der Waals surface area contributed by atoms with Gasteiger partial charge < -0.3 is 15.0 Å². The average Bonchev–Trinajstić information content (AvgIpc) is 2.60. The smallest absolute Gasteiger partial charge is 0.224 e. The van der Waals surface area contributed by atoms with Crippen molar-refractivity contribution in [3.63, 3.8) is 0 Å². The third-order valence-corrected chi connectivity index (χ3v) is 4.46. The molecule has 23 heavy (non-hydrogen) atoms. The molecule has 3 rings (SSSR count). The number of fused-ring (bicyclic) bond motifs is 1. The van der Waals surface area contributed by atoms with Crippen molar-refractivity contribution in [1.82, 2.24) is 5.32 Å². The van der Waals surface area contributed by atoms with Gasteiger partial charge in [0.25, 0.3) is 0 Å². The number of carbonyl (C=O) groups is 1. The molecule has 4 heteroatoms. The fourth-order valence-corrected chi connectivity index (χ4v) is 3.16. The summed E-state index contributed by atoms with van der Waals surface area (Å²) in [6.07, 6.45) is 1.47. The summed E-state index contributed by atoms with van der Waals surface area (Å²) < 4.78 is 5.36. The Hall–Kier alpha value is -1.91. The van der Waals surface area contributed by atoms with Gasteiger partial charge in [0.15, 0.2) is 0 Å². The Kier molecular flexibility index (Phi) is 5.61. The minimum atomic E-state index is 0.110. The van der Waals surface area contributed by atoms with Crippen LogP contribution in [0, 0.1) is 0 Å². The molecule has 0 atom stereocenters. The number of nitrogens with one attached hydrogen (secondary N) is 2. The zero-order valence-electron chi connectivity index (χ0n) is 13.5. The molecule has 1 heterocycles. The van der Waals surface area contributed by atoms with E-state index in [-0.39, 0.29) is 5.91 Å². The Bertz CT molecular complexity index is 645. The lowest BCUT2D eigenvalue weighted by molar-refractivity contribution is -0.908. The van der Waals surface area contributed by atoms with Crippen LogP contribution in [0.3, 0.4) is 0 Å². The zero-order valence-corrected chi connectivity index (χ0v) is 13.5. The van der Waals surface area contributed by atoms with Crippen LogP contribution in [0.25, 0.3) is 10.8 Å². The Labute approximate surface area is 137 Å². The molecule has 1 aliphatic heterocycles. The van der Waals surface area contributed by atoms with E-state index in [2.05, 4.69) is 23.5 Å². The second-order valence-corrected chi connectivity index (χ2v) is 6.13. The highest BCUT2D eigenvalue weighted by Gasteiger charge is 2.13. The maximum atomic E-state index is 12.2. The van der Waals surface area contributed by atoms with Gasteiger partial charge in [0.1, 0.15) is 13.1 Å². The van der Waals surface area contributed by atoms with Gasteiger partial charge in [-0.05, 0) is 16.3 Å². The molecule has 0 unspecified atom stereocenters. The standard InChI is InChI=1S/C19H24N2O2/c22-19(20-9-4-10-21-11-13-23-14-12-21)15-17-7-3-6-16-5-1-2-8-18(16)17/h1-3,5-8H,4,9-15H2,(H,20,22)/p+1. The summed E-state index contributed by atoms with van der Waals surface area (Å²) in [4.78, 5) is 13.8. The van der Waals surface area contributed by atoms with E-state index in [0.717, 1.165) is 51.4 Å². The number of benzene rings is 2. The van der Waals surface area contributed by atoms with Crippen molar-refractivity contribution in [3.05, 3.63) is 48.0 Å². The van der Waals surface area contributed by atoms with Crippen molar-refractivity contribution in [3.8, 4) is 0 Å². The summed E-state index contributed by atoms with van der Waals surface area (Å²) in [5.74, 6) is 0.110. The van der Waals surface area contributed by atoms with E-state index in [0.29, 0.717) is 6.42 Å². The molecular formula is C19H25N2O2+. The van der Waals surface area contributed by atoms with Gasteiger partial charge in [-0.1, -0.05) is 42.5 Å². The van der Waals surface area contributed by atoms with E-state index in [4.69, 9.17) is 4.74 Å². The summed E-state index contributed by atoms with van der Waals surface area (Å²) in [5.41, 5.74) is 1.10. The summed E-state index contributed by atoms with van der Waals surface area (Å²) in [7, 11) is 0. The Morgan fingerprint density at radius 1 is 1.09 bits per heavy atom. The van der Waals surface area contributed by atoms with Gasteiger partial charge in [-0.25, -0.2) is 0 Å². The first kappa shape index (κ1) is 16.0. The predicted molar refractivity (Wildman–Crippen MR) is 91.7 cm³/mol. The molecule has 0 radical (unpaired) electrons. The van der Waals surface area contributed by atoms with Crippen LogP contribution in [0.2, 0.25) is 0 Å². The molecule has 0 aromatic heterocycles. The lowest BCUT2D eigenvalue weighted by atomic mass is 10.0. The highest BCUT2D eigenvalue weighted by atomic mass is 16.5. The van der Waals surface area contributed by atoms with Crippen LogP contribution in [0.15, 0.2) is 42.5 Å². The van der Waals surface area contributed by atoms with Crippen molar-refractivity contribution in [2.75, 3.05) is 39.4 Å². The fraction of sp³-hybridized carbons (Fsp3) is 0.421. The van der Waals surface area contributed by atoms with E-state index < -0.39 is 0 Å². The molecule has 0 bridgehead atoms. The monoisotopic (exact) mass is 313 g/mol. The van der Waals surface area contributed by atoms with Gasteiger partial charge in [-0.3, -0.25) is 4.79 Å². The second-order valence-electron chi connectivity index (χ2n) is 6.13. The van der Waals surface area contributed by atoms with Crippen LogP contribution in [-0.2, 0) is 16.0 Å². The molecule has 4 nitrogen and oxygen atoms in total. The Balaban J connectivity index is 1.45. The fourth-order valence-electron chi connectivity index (χ4n) is 3.16. The summed E-state index contributed by atoms with van der Waals surface area (Å²) >= 11 is 0. The highest BCUT2D eigenvalue weighted by molar-refractivity contribution is 5.90. The molecule has 1 fully saturated rings. The second kappa shape index (κ2) is 8.09. The molecule has 122 valence electrons. The number of rotatable bonds is 6. The number of ether oxygens (including phenoxy) is 1. The molecule has 1 amide bonds. The first-order valence-corrected chi connectivity index (χ1v) is 8.47. The molecule has 2 aromatic rings. The predicted octanol–water partition coefficient (Wildman–Crippen LogP) is 0.804. The molecule has 1 aliphatic rings. The molecule has 0 aliphatic carbocycles. The lowest BCUT2D eigenvalue weighted by Gasteiger charge is -2.23.